The lowest BCUT2D eigenvalue weighted by Crippen LogP contribution is -2.48. The molecule has 0 saturated carbocycles. The fourth-order valence-electron chi connectivity index (χ4n) is 2.30. The van der Waals surface area contributed by atoms with Crippen molar-refractivity contribution in [1.29, 1.82) is 5.26 Å². The Labute approximate surface area is 103 Å². The molecule has 90 valence electrons. The first-order chi connectivity index (χ1) is 8.27. The molecule has 1 aromatic carbocycles. The first-order valence-corrected chi connectivity index (χ1v) is 6.01. The van der Waals surface area contributed by atoms with Crippen molar-refractivity contribution in [2.24, 2.45) is 0 Å². The molecule has 1 saturated heterocycles. The minimum Gasteiger partial charge on any atom is -0.381 e. The third kappa shape index (κ3) is 2.66. The molecule has 3 nitrogen and oxygen atoms in total. The topological polar surface area (TPSA) is 36.3 Å². The predicted octanol–water partition coefficient (Wildman–Crippen LogP) is 2.19. The van der Waals surface area contributed by atoms with Crippen LogP contribution in [-0.4, -0.2) is 30.7 Å². The number of hydrogen-bond acceptors (Lipinski definition) is 3. The highest BCUT2D eigenvalue weighted by Crippen LogP contribution is 2.27. The van der Waals surface area contributed by atoms with Crippen molar-refractivity contribution < 1.29 is 4.74 Å². The molecule has 1 heterocycles. The molecule has 0 atom stereocenters. The van der Waals surface area contributed by atoms with E-state index in [1.807, 2.05) is 25.2 Å². The summed E-state index contributed by atoms with van der Waals surface area (Å²) in [5.74, 6) is 0. The molecule has 1 aromatic rings. The van der Waals surface area contributed by atoms with Crippen LogP contribution in [0.2, 0.25) is 0 Å². The van der Waals surface area contributed by atoms with Gasteiger partial charge in [-0.05, 0) is 12.6 Å². The molecule has 0 radical (unpaired) electrons. The van der Waals surface area contributed by atoms with Crippen molar-refractivity contribution in [3.8, 4) is 6.07 Å². The van der Waals surface area contributed by atoms with Crippen molar-refractivity contribution in [2.45, 2.75) is 24.9 Å². The zero-order valence-corrected chi connectivity index (χ0v) is 10.2. The Bertz CT molecular complexity index is 390. The Kier molecular flexibility index (Phi) is 3.78. The number of ether oxygens (including phenoxy) is 1. The Balaban J connectivity index is 2.08. The standard InChI is InChI=1S/C14H18N2O/c1-16(11-13-5-3-2-4-6-13)14(12-15)7-9-17-10-8-14/h2-6H,7-11H2,1H3. The maximum atomic E-state index is 9.44. The van der Waals surface area contributed by atoms with E-state index in [0.29, 0.717) is 13.2 Å². The fourth-order valence-corrected chi connectivity index (χ4v) is 2.30. The molecule has 0 aliphatic carbocycles. The summed E-state index contributed by atoms with van der Waals surface area (Å²) in [5.41, 5.74) is 0.893. The van der Waals surface area contributed by atoms with Gasteiger partial charge in [0.15, 0.2) is 0 Å². The lowest BCUT2D eigenvalue weighted by Gasteiger charge is -2.38. The molecule has 0 N–H and O–H groups in total. The van der Waals surface area contributed by atoms with Crippen molar-refractivity contribution in [3.63, 3.8) is 0 Å². The summed E-state index contributed by atoms with van der Waals surface area (Å²) in [4.78, 5) is 2.16. The largest absolute Gasteiger partial charge is 0.381 e. The van der Waals surface area contributed by atoms with Gasteiger partial charge in [-0.1, -0.05) is 30.3 Å². The van der Waals surface area contributed by atoms with Gasteiger partial charge in [0.2, 0.25) is 0 Å². The van der Waals surface area contributed by atoms with Gasteiger partial charge in [0.25, 0.3) is 0 Å². The van der Waals surface area contributed by atoms with E-state index in [4.69, 9.17) is 4.74 Å². The Morgan fingerprint density at radius 3 is 2.53 bits per heavy atom. The number of benzene rings is 1. The third-order valence-electron chi connectivity index (χ3n) is 3.52. The zero-order valence-electron chi connectivity index (χ0n) is 10.2. The van der Waals surface area contributed by atoms with Crippen LogP contribution >= 0.6 is 0 Å². The van der Waals surface area contributed by atoms with Gasteiger partial charge in [-0.25, -0.2) is 0 Å². The van der Waals surface area contributed by atoms with E-state index in [2.05, 4.69) is 23.1 Å². The third-order valence-corrected chi connectivity index (χ3v) is 3.52. The summed E-state index contributed by atoms with van der Waals surface area (Å²) in [6.45, 7) is 2.19. The molecule has 0 unspecified atom stereocenters. The molecular weight excluding hydrogens is 212 g/mol. The minimum atomic E-state index is -0.353. The van der Waals surface area contributed by atoms with Crippen LogP contribution in [0.1, 0.15) is 18.4 Å². The highest BCUT2D eigenvalue weighted by molar-refractivity contribution is 5.17. The van der Waals surface area contributed by atoms with E-state index in [1.165, 1.54) is 5.56 Å². The van der Waals surface area contributed by atoms with Crippen molar-refractivity contribution in [3.05, 3.63) is 35.9 Å². The molecule has 17 heavy (non-hydrogen) atoms. The SMILES string of the molecule is CN(Cc1ccccc1)C1(C#N)CCOCC1. The molecule has 0 aromatic heterocycles. The van der Waals surface area contributed by atoms with Crippen molar-refractivity contribution >= 4 is 0 Å². The summed E-state index contributed by atoms with van der Waals surface area (Å²) in [5, 5.41) is 9.44. The monoisotopic (exact) mass is 230 g/mol. The van der Waals surface area contributed by atoms with Crippen LogP contribution < -0.4 is 0 Å². The summed E-state index contributed by atoms with van der Waals surface area (Å²) in [6, 6.07) is 12.8. The number of nitrogens with zero attached hydrogens (tertiary/aromatic N) is 2. The van der Waals surface area contributed by atoms with Gasteiger partial charge in [-0.3, -0.25) is 4.90 Å². The lowest BCUT2D eigenvalue weighted by atomic mass is 9.89. The van der Waals surface area contributed by atoms with E-state index in [0.717, 1.165) is 19.4 Å². The Morgan fingerprint density at radius 1 is 1.29 bits per heavy atom. The maximum Gasteiger partial charge on any atom is 0.113 e. The Hall–Kier alpha value is -1.37. The summed E-state index contributed by atoms with van der Waals surface area (Å²) in [6.07, 6.45) is 1.60. The highest BCUT2D eigenvalue weighted by Gasteiger charge is 2.36. The molecule has 1 fully saturated rings. The predicted molar refractivity (Wildman–Crippen MR) is 66.3 cm³/mol. The normalized spacial score (nSPS) is 18.9. The molecule has 1 aliphatic heterocycles. The maximum absolute atomic E-state index is 9.44. The molecule has 0 amide bonds. The van der Waals surface area contributed by atoms with Crippen LogP contribution in [0.4, 0.5) is 0 Å². The fraction of sp³-hybridized carbons (Fsp3) is 0.500. The van der Waals surface area contributed by atoms with Crippen molar-refractivity contribution in [1.82, 2.24) is 4.90 Å². The average molecular weight is 230 g/mol. The van der Waals surface area contributed by atoms with E-state index < -0.39 is 0 Å². The van der Waals surface area contributed by atoms with Gasteiger partial charge >= 0.3 is 0 Å². The van der Waals surface area contributed by atoms with Gasteiger partial charge in [-0.15, -0.1) is 0 Å². The molecular formula is C14H18N2O. The van der Waals surface area contributed by atoms with Gasteiger partial charge in [0.1, 0.15) is 5.54 Å². The van der Waals surface area contributed by atoms with Crippen LogP contribution in [0, 0.1) is 11.3 Å². The van der Waals surface area contributed by atoms with E-state index in [9.17, 15) is 5.26 Å². The second-order valence-electron chi connectivity index (χ2n) is 4.60. The Morgan fingerprint density at radius 2 is 1.94 bits per heavy atom. The van der Waals surface area contributed by atoms with Gasteiger partial charge < -0.3 is 4.74 Å². The first kappa shape index (κ1) is 12.1. The summed E-state index contributed by atoms with van der Waals surface area (Å²) < 4.78 is 5.35. The summed E-state index contributed by atoms with van der Waals surface area (Å²) in [7, 11) is 2.03. The second-order valence-corrected chi connectivity index (χ2v) is 4.60. The zero-order chi connectivity index (χ0) is 12.1. The van der Waals surface area contributed by atoms with Crippen molar-refractivity contribution in [2.75, 3.05) is 20.3 Å². The smallest absolute Gasteiger partial charge is 0.113 e. The van der Waals surface area contributed by atoms with E-state index >= 15 is 0 Å². The van der Waals surface area contributed by atoms with Crippen LogP contribution in [0.3, 0.4) is 0 Å². The van der Waals surface area contributed by atoms with E-state index in [1.54, 1.807) is 0 Å². The number of nitriles is 1. The summed E-state index contributed by atoms with van der Waals surface area (Å²) >= 11 is 0. The molecule has 2 rings (SSSR count). The van der Waals surface area contributed by atoms with Crippen LogP contribution in [0.15, 0.2) is 30.3 Å². The quantitative estimate of drug-likeness (QED) is 0.798. The van der Waals surface area contributed by atoms with Gasteiger partial charge in [0, 0.05) is 32.6 Å². The highest BCUT2D eigenvalue weighted by atomic mass is 16.5. The van der Waals surface area contributed by atoms with Crippen LogP contribution in [0.5, 0.6) is 0 Å². The van der Waals surface area contributed by atoms with E-state index in [-0.39, 0.29) is 5.54 Å². The number of rotatable bonds is 3. The number of hydrogen-bond donors (Lipinski definition) is 0. The molecule has 3 heteroatoms. The molecule has 0 bridgehead atoms. The average Bonchev–Trinajstić information content (AvgIpc) is 2.40. The molecule has 1 aliphatic rings. The van der Waals surface area contributed by atoms with Crippen LogP contribution in [0.25, 0.3) is 0 Å². The van der Waals surface area contributed by atoms with Gasteiger partial charge in [0.05, 0.1) is 6.07 Å². The molecule has 0 spiro atoms. The first-order valence-electron chi connectivity index (χ1n) is 6.01. The van der Waals surface area contributed by atoms with Gasteiger partial charge in [-0.2, -0.15) is 5.26 Å². The van der Waals surface area contributed by atoms with Crippen LogP contribution in [-0.2, 0) is 11.3 Å². The minimum absolute atomic E-state index is 0.353. The second kappa shape index (κ2) is 5.31. The lowest BCUT2D eigenvalue weighted by molar-refractivity contribution is 0.00819.